The lowest BCUT2D eigenvalue weighted by molar-refractivity contribution is -0.161. The van der Waals surface area contributed by atoms with Gasteiger partial charge in [-0.25, -0.2) is 9.13 Å². The Balaban J connectivity index is 5.22. The van der Waals surface area contributed by atoms with Gasteiger partial charge in [-0.1, -0.05) is 376 Å². The van der Waals surface area contributed by atoms with E-state index in [4.69, 9.17) is 37.0 Å². The molecule has 0 aromatic rings. The number of carbonyl (C=O) groups is 4. The molecule has 0 fully saturated rings. The fraction of sp³-hybridized carbons (Fsp3) is 0.952. The Morgan fingerprint density at radius 2 is 0.471 bits per heavy atom. The van der Waals surface area contributed by atoms with Crippen LogP contribution in [0, 0.1) is 23.7 Å². The van der Waals surface area contributed by atoms with Gasteiger partial charge in [0.15, 0.2) is 12.2 Å². The highest BCUT2D eigenvalue weighted by molar-refractivity contribution is 7.47. The minimum atomic E-state index is -4.96. The van der Waals surface area contributed by atoms with Crippen LogP contribution in [0.15, 0.2) is 0 Å². The van der Waals surface area contributed by atoms with E-state index in [2.05, 4.69) is 55.4 Å². The van der Waals surface area contributed by atoms with Gasteiger partial charge in [-0.2, -0.15) is 0 Å². The van der Waals surface area contributed by atoms with E-state index < -0.39 is 97.5 Å². The molecule has 6 atom stereocenters. The maximum absolute atomic E-state index is 13.1. The van der Waals surface area contributed by atoms with Crippen LogP contribution in [0.1, 0.15) is 428 Å². The van der Waals surface area contributed by atoms with E-state index in [1.165, 1.54) is 225 Å². The van der Waals surface area contributed by atoms with E-state index in [1.54, 1.807) is 0 Å². The Morgan fingerprint density at radius 1 is 0.275 bits per heavy atom. The van der Waals surface area contributed by atoms with Crippen LogP contribution in [0.25, 0.3) is 0 Å². The summed E-state index contributed by atoms with van der Waals surface area (Å²) < 4.78 is 68.8. The van der Waals surface area contributed by atoms with E-state index in [0.29, 0.717) is 25.7 Å². The summed E-state index contributed by atoms with van der Waals surface area (Å²) in [6, 6.07) is 0. The quantitative estimate of drug-likeness (QED) is 0.0222. The van der Waals surface area contributed by atoms with Gasteiger partial charge in [-0.05, 0) is 49.4 Å². The third kappa shape index (κ3) is 74.9. The van der Waals surface area contributed by atoms with Crippen molar-refractivity contribution in [2.45, 2.75) is 446 Å². The summed E-state index contributed by atoms with van der Waals surface area (Å²) in [6.07, 6.45) is 59.7. The topological polar surface area (TPSA) is 237 Å². The van der Waals surface area contributed by atoms with Crippen LogP contribution in [0.3, 0.4) is 0 Å². The van der Waals surface area contributed by atoms with Crippen LogP contribution in [0.2, 0.25) is 0 Å². The minimum Gasteiger partial charge on any atom is -0.462 e. The first-order valence-electron chi connectivity index (χ1n) is 42.7. The summed E-state index contributed by atoms with van der Waals surface area (Å²) in [6.45, 7) is 14.3. The first-order chi connectivity index (χ1) is 49.1. The molecule has 19 heteroatoms. The Kier molecular flexibility index (Phi) is 70.6. The van der Waals surface area contributed by atoms with Crippen LogP contribution in [0.5, 0.6) is 0 Å². The number of phosphoric acid groups is 2. The molecule has 102 heavy (non-hydrogen) atoms. The van der Waals surface area contributed by atoms with Gasteiger partial charge in [-0.3, -0.25) is 37.3 Å². The number of aliphatic hydroxyl groups excluding tert-OH is 1. The Morgan fingerprint density at radius 3 is 0.696 bits per heavy atom. The zero-order valence-corrected chi connectivity index (χ0v) is 69.0. The molecule has 0 heterocycles. The standard InChI is InChI=1S/C83H162O17P2/c1-9-76(8)62-54-46-41-42-48-56-64-81(86)94-70-79(100-83(88)66-58-50-40-34-27-21-17-16-19-24-30-36-44-52-60-74(4)5)72-98-102(91,92)96-68-77(84)67-95-101(89,90)97-71-78(69-93-80(85)63-55-47-38-32-28-22-25-31-37-45-53-61-75(6)7)99-82(87)65-57-49-39-33-26-20-15-13-11-10-12-14-18-23-29-35-43-51-59-73(2)3/h73-79,84H,9-72H2,1-8H3,(H,89,90)(H,91,92)/t76?,77-,78-,79-/m1/s1. The van der Waals surface area contributed by atoms with Gasteiger partial charge < -0.3 is 33.8 Å². The second kappa shape index (κ2) is 72.0. The van der Waals surface area contributed by atoms with Gasteiger partial charge in [0.25, 0.3) is 0 Å². The average molecular weight is 1490 g/mol. The Bertz CT molecular complexity index is 1990. The molecule has 0 aliphatic carbocycles. The maximum atomic E-state index is 13.1. The third-order valence-corrected chi connectivity index (χ3v) is 21.6. The van der Waals surface area contributed by atoms with E-state index in [-0.39, 0.29) is 25.7 Å². The summed E-state index contributed by atoms with van der Waals surface area (Å²) in [5, 5.41) is 10.7. The van der Waals surface area contributed by atoms with E-state index in [9.17, 15) is 43.2 Å². The predicted octanol–water partition coefficient (Wildman–Crippen LogP) is 24.8. The van der Waals surface area contributed by atoms with Crippen molar-refractivity contribution in [1.29, 1.82) is 0 Å². The van der Waals surface area contributed by atoms with Crippen LogP contribution in [-0.2, 0) is 65.4 Å². The smallest absolute Gasteiger partial charge is 0.462 e. The van der Waals surface area contributed by atoms with Gasteiger partial charge >= 0.3 is 39.5 Å². The number of ether oxygens (including phenoxy) is 4. The van der Waals surface area contributed by atoms with E-state index in [1.807, 2.05) is 0 Å². The number of esters is 4. The molecule has 0 rings (SSSR count). The van der Waals surface area contributed by atoms with Gasteiger partial charge in [0.2, 0.25) is 0 Å². The minimum absolute atomic E-state index is 0.106. The van der Waals surface area contributed by atoms with Crippen LogP contribution in [0.4, 0.5) is 0 Å². The normalized spacial score (nSPS) is 14.3. The number of phosphoric ester groups is 2. The molecule has 0 saturated heterocycles. The second-order valence-electron chi connectivity index (χ2n) is 31.5. The van der Waals surface area contributed by atoms with Crippen molar-refractivity contribution in [3.05, 3.63) is 0 Å². The maximum Gasteiger partial charge on any atom is 0.472 e. The van der Waals surface area contributed by atoms with Crippen molar-refractivity contribution in [3.8, 4) is 0 Å². The largest absolute Gasteiger partial charge is 0.472 e. The summed E-state index contributed by atoms with van der Waals surface area (Å²) in [4.78, 5) is 73.1. The van der Waals surface area contributed by atoms with Gasteiger partial charge in [-0.15, -0.1) is 0 Å². The molecule has 17 nitrogen and oxygen atoms in total. The van der Waals surface area contributed by atoms with E-state index in [0.717, 1.165) is 120 Å². The molecule has 0 aliphatic heterocycles. The lowest BCUT2D eigenvalue weighted by Gasteiger charge is -2.21. The van der Waals surface area contributed by atoms with Crippen molar-refractivity contribution in [2.75, 3.05) is 39.6 Å². The summed E-state index contributed by atoms with van der Waals surface area (Å²) in [5.74, 6) is 1.00. The highest BCUT2D eigenvalue weighted by atomic mass is 31.2. The monoisotopic (exact) mass is 1490 g/mol. The first kappa shape index (κ1) is 100. The van der Waals surface area contributed by atoms with Crippen LogP contribution >= 0.6 is 15.6 Å². The highest BCUT2D eigenvalue weighted by Gasteiger charge is 2.30. The number of aliphatic hydroxyl groups is 1. The highest BCUT2D eigenvalue weighted by Crippen LogP contribution is 2.45. The molecule has 0 aromatic carbocycles. The van der Waals surface area contributed by atoms with Crippen molar-refractivity contribution in [2.24, 2.45) is 23.7 Å². The molecular formula is C83H162O17P2. The molecule has 0 bridgehead atoms. The number of rotatable bonds is 80. The summed E-state index contributed by atoms with van der Waals surface area (Å²) >= 11 is 0. The lowest BCUT2D eigenvalue weighted by Crippen LogP contribution is -2.30. The molecule has 0 saturated carbocycles. The number of hydrogen-bond acceptors (Lipinski definition) is 15. The molecule has 0 radical (unpaired) electrons. The molecule has 0 aliphatic rings. The molecule has 0 aromatic heterocycles. The molecule has 606 valence electrons. The van der Waals surface area contributed by atoms with Crippen molar-refractivity contribution >= 4 is 39.5 Å². The van der Waals surface area contributed by atoms with Gasteiger partial charge in [0.1, 0.15) is 19.3 Å². The van der Waals surface area contributed by atoms with Crippen molar-refractivity contribution in [1.82, 2.24) is 0 Å². The SMILES string of the molecule is CCC(C)CCCCCCCCC(=O)OC[C@H](COP(=O)(O)OC[C@H](O)COP(=O)(O)OC[C@@H](COC(=O)CCCCCCCCCCCCCC(C)C)OC(=O)CCCCCCCCCCCCCCCCCCCCC(C)C)OC(=O)CCCCCCCCCCCCCCCCC(C)C. The Labute approximate surface area is 626 Å². The van der Waals surface area contributed by atoms with Gasteiger partial charge in [0.05, 0.1) is 26.4 Å². The first-order valence-corrected chi connectivity index (χ1v) is 45.7. The number of hydrogen-bond donors (Lipinski definition) is 3. The number of unbranched alkanes of at least 4 members (excludes halogenated alkanes) is 45. The van der Waals surface area contributed by atoms with Gasteiger partial charge in [0, 0.05) is 25.7 Å². The van der Waals surface area contributed by atoms with Crippen LogP contribution < -0.4 is 0 Å². The zero-order chi connectivity index (χ0) is 75.3. The van der Waals surface area contributed by atoms with Crippen molar-refractivity contribution < 1.29 is 80.2 Å². The predicted molar refractivity (Wildman–Crippen MR) is 418 cm³/mol. The fourth-order valence-electron chi connectivity index (χ4n) is 12.8. The molecular weight excluding hydrogens is 1330 g/mol. The fourth-order valence-corrected chi connectivity index (χ4v) is 14.3. The zero-order valence-electron chi connectivity index (χ0n) is 67.2. The molecule has 0 spiro atoms. The summed E-state index contributed by atoms with van der Waals surface area (Å²) in [5.41, 5.74) is 0. The Hall–Kier alpha value is -1.94. The molecule has 3 unspecified atom stereocenters. The third-order valence-electron chi connectivity index (χ3n) is 19.7. The summed E-state index contributed by atoms with van der Waals surface area (Å²) in [7, 11) is -9.93. The molecule has 0 amide bonds. The van der Waals surface area contributed by atoms with Crippen LogP contribution in [-0.4, -0.2) is 96.7 Å². The average Bonchev–Trinajstić information content (AvgIpc) is 0.938. The molecule has 3 N–H and O–H groups in total. The lowest BCUT2D eigenvalue weighted by atomic mass is 10.00. The number of carbonyl (C=O) groups excluding carboxylic acids is 4. The second-order valence-corrected chi connectivity index (χ2v) is 34.4. The van der Waals surface area contributed by atoms with E-state index >= 15 is 0 Å². The van der Waals surface area contributed by atoms with Crippen molar-refractivity contribution in [3.63, 3.8) is 0 Å².